The number of allylic oxidation sites excluding steroid dienone is 6. The van der Waals surface area contributed by atoms with E-state index in [2.05, 4.69) is 90.5 Å². The van der Waals surface area contributed by atoms with Crippen LogP contribution in [0.3, 0.4) is 0 Å². The third kappa shape index (κ3) is 44.5. The van der Waals surface area contributed by atoms with E-state index < -0.39 is 138 Å². The van der Waals surface area contributed by atoms with E-state index >= 15 is 0 Å². The highest BCUT2D eigenvalue weighted by molar-refractivity contribution is 5.99. The number of halogens is 12. The van der Waals surface area contributed by atoms with Crippen molar-refractivity contribution in [1.29, 1.82) is 0 Å². The van der Waals surface area contributed by atoms with Crippen LogP contribution in [-0.2, 0) is 129 Å². The summed E-state index contributed by atoms with van der Waals surface area (Å²) < 4.78 is 194. The van der Waals surface area contributed by atoms with E-state index in [4.69, 9.17) is 14.2 Å². The largest absolute Gasteiger partial charge is 0.432 e. The quantitative estimate of drug-likeness (QED) is 0.0783. The second-order valence-corrected chi connectivity index (χ2v) is 23.5. The summed E-state index contributed by atoms with van der Waals surface area (Å²) in [6.45, 7) is 43.6. The molecule has 7 rings (SSSR count). The maximum absolute atomic E-state index is 12.9. The van der Waals surface area contributed by atoms with Crippen molar-refractivity contribution in [2.45, 2.75) is 209 Å². The minimum absolute atomic E-state index is 0.0480. The number of hydrogen-bond donors (Lipinski definition) is 0. The highest BCUT2D eigenvalue weighted by atomic mass is 19.4. The van der Waals surface area contributed by atoms with Crippen LogP contribution in [0.1, 0.15) is 172 Å². The van der Waals surface area contributed by atoms with Gasteiger partial charge >= 0.3 is 120 Å². The summed E-state index contributed by atoms with van der Waals surface area (Å²) in [5, 5.41) is 0. The zero-order valence-electron chi connectivity index (χ0n) is 60.9. The van der Waals surface area contributed by atoms with Gasteiger partial charge < -0.3 is 52.1 Å². The first kappa shape index (κ1) is 104. The standard InChI is InChI=1S/C8H12O2.C7H7F3O2.2C7H10O2.C6H3F5O3.C6H5F3O2.C6H7FO2.2C6H10O3.C6H6O3.C4H6O3/c1-6-4-8(2,3)5-7(9)10-6;1-4-2-5(7(8,9)10)3-6(11)12-4;1-5-3-6(2)9-7(8)4-5;1-5-3-4-7(8)9-6(5)2;1-4(7)2(12)14-3(13)5(8,9)6(4,10)11;1-3-2-4(5(10)11-3)6(7,8)9;1-4-2-5(7)3-6(8)9-4;3*1-3-5(7)9-6(8)4-2;1-3(5)7-4(2)6/h1,4-5H2,2-3H3;5H,1-3H2;2*5H,2-4H2,1H3;1H3;4H,1-2H2;5H,1-3H2;2*3-4H2,1-2H3;3-4H,1-2H2;1-2H3. The molecule has 6 unspecified atom stereocenters. The Hall–Kier alpha value is -10.4. The number of carbonyl (C=O) groups excluding carboxylic acids is 16. The van der Waals surface area contributed by atoms with E-state index in [1.807, 2.05) is 27.7 Å². The second-order valence-electron chi connectivity index (χ2n) is 23.5. The molecular formula is C69H86F12O27. The Morgan fingerprint density at radius 1 is 0.472 bits per heavy atom. The van der Waals surface area contributed by atoms with Crippen LogP contribution < -0.4 is 0 Å². The van der Waals surface area contributed by atoms with Gasteiger partial charge in [-0.15, -0.1) is 0 Å². The smallest absolute Gasteiger partial charge is 0.408 e. The van der Waals surface area contributed by atoms with E-state index in [-0.39, 0.29) is 92.5 Å². The molecule has 27 nitrogen and oxygen atoms in total. The SMILES string of the molecule is C=C1CC(C(F)(F)F)C(=O)O1.C=C1CC(C(F)(F)F)CC(=O)O1.C=C1CC(C)(C)CC(=O)O1.C=C1CC(C)CC(=O)O1.C=C1CC(F)CC(=O)O1.C=C1OC(=O)CCC1C.C=CC(=O)OC(=O)C=C.CC(=O)OC(C)=O.CC1(F)C(=O)OC(=O)C(F)(F)C1(F)F.CCC(=O)OC(=O)CC.CCC(=O)OC(=O)CC. The van der Waals surface area contributed by atoms with Gasteiger partial charge in [-0.2, -0.15) is 43.9 Å². The summed E-state index contributed by atoms with van der Waals surface area (Å²) in [6, 6.07) is 0. The molecule has 7 heterocycles. The number of carbonyl (C=O) groups is 16. The van der Waals surface area contributed by atoms with Gasteiger partial charge in [0.05, 0.1) is 25.2 Å². The molecule has 0 saturated carbocycles. The van der Waals surface area contributed by atoms with Crippen LogP contribution in [0.2, 0.25) is 0 Å². The van der Waals surface area contributed by atoms with Crippen molar-refractivity contribution in [3.05, 3.63) is 99.3 Å². The monoisotopic (exact) mass is 1570 g/mol. The van der Waals surface area contributed by atoms with Crippen LogP contribution in [0.5, 0.6) is 0 Å². The average molecular weight is 1580 g/mol. The number of alkyl halides is 12. The molecule has 0 aliphatic carbocycles. The molecule has 7 aliphatic rings. The Balaban J connectivity index is -0.000000553. The van der Waals surface area contributed by atoms with Crippen LogP contribution in [0.25, 0.3) is 0 Å². The number of cyclic esters (lactones) is 8. The fourth-order valence-electron chi connectivity index (χ4n) is 7.31. The zero-order chi connectivity index (χ0) is 85.4. The van der Waals surface area contributed by atoms with Gasteiger partial charge in [-0.1, -0.05) is 108 Å². The molecule has 7 aliphatic heterocycles. The predicted octanol–water partition coefficient (Wildman–Crippen LogP) is 13.0. The molecule has 0 aromatic carbocycles. The fourth-order valence-corrected chi connectivity index (χ4v) is 7.31. The van der Waals surface area contributed by atoms with Gasteiger partial charge in [0.1, 0.15) is 40.7 Å². The Labute approximate surface area is 612 Å². The summed E-state index contributed by atoms with van der Waals surface area (Å²) in [5.74, 6) is -24.4. The maximum Gasteiger partial charge on any atom is 0.408 e. The van der Waals surface area contributed by atoms with Crippen LogP contribution in [0.4, 0.5) is 52.7 Å². The van der Waals surface area contributed by atoms with Crippen molar-refractivity contribution in [3.8, 4) is 0 Å². The molecule has 7 fully saturated rings. The Kier molecular flexibility index (Phi) is 46.9. The van der Waals surface area contributed by atoms with E-state index in [0.717, 1.165) is 31.4 Å². The topological polar surface area (TPSA) is 375 Å². The van der Waals surface area contributed by atoms with E-state index in [0.29, 0.717) is 48.4 Å². The van der Waals surface area contributed by atoms with Crippen molar-refractivity contribution >= 4 is 95.5 Å². The minimum Gasteiger partial charge on any atom is -0.432 e. The van der Waals surface area contributed by atoms with Gasteiger partial charge in [-0.3, -0.25) is 57.5 Å². The summed E-state index contributed by atoms with van der Waals surface area (Å²) in [5.41, 5.74) is -4.17. The second kappa shape index (κ2) is 48.7. The Morgan fingerprint density at radius 2 is 0.870 bits per heavy atom. The normalized spacial score (nSPS) is 21.8. The van der Waals surface area contributed by atoms with E-state index in [1.54, 1.807) is 27.7 Å². The van der Waals surface area contributed by atoms with Crippen LogP contribution >= 0.6 is 0 Å². The van der Waals surface area contributed by atoms with Gasteiger partial charge in [-0.05, 0) is 24.7 Å². The molecule has 108 heavy (non-hydrogen) atoms. The molecule has 608 valence electrons. The first-order valence-electron chi connectivity index (χ1n) is 31.6. The van der Waals surface area contributed by atoms with Gasteiger partial charge in [0.25, 0.3) is 5.67 Å². The highest BCUT2D eigenvalue weighted by Gasteiger charge is 2.79. The third-order valence-corrected chi connectivity index (χ3v) is 12.8. The van der Waals surface area contributed by atoms with Crippen molar-refractivity contribution in [2.75, 3.05) is 0 Å². The third-order valence-electron chi connectivity index (χ3n) is 12.8. The summed E-state index contributed by atoms with van der Waals surface area (Å²) in [7, 11) is 0. The predicted molar refractivity (Wildman–Crippen MR) is 346 cm³/mol. The molecule has 0 radical (unpaired) electrons. The lowest BCUT2D eigenvalue weighted by Crippen LogP contribution is -2.67. The molecular weight excluding hydrogens is 1490 g/mol. The number of ether oxygens (including phenoxy) is 11. The number of esters is 16. The maximum atomic E-state index is 12.9. The lowest BCUT2D eigenvalue weighted by atomic mass is 9.83. The molecule has 0 amide bonds. The highest BCUT2D eigenvalue weighted by Crippen LogP contribution is 2.49. The first-order valence-corrected chi connectivity index (χ1v) is 31.6. The number of rotatable bonds is 6. The average Bonchev–Trinajstić information content (AvgIpc) is 0.815. The Bertz CT molecular complexity index is 3110. The van der Waals surface area contributed by atoms with Crippen LogP contribution in [-0.4, -0.2) is 132 Å². The summed E-state index contributed by atoms with van der Waals surface area (Å²) >= 11 is 0. The van der Waals surface area contributed by atoms with Crippen molar-refractivity contribution in [1.82, 2.24) is 0 Å². The van der Waals surface area contributed by atoms with Crippen molar-refractivity contribution in [3.63, 3.8) is 0 Å². The molecule has 6 atom stereocenters. The lowest BCUT2D eigenvalue weighted by Gasteiger charge is -2.36. The fraction of sp³-hybridized carbons (Fsp3) is 0.536. The molecule has 7 saturated heterocycles. The van der Waals surface area contributed by atoms with E-state index in [1.165, 1.54) is 13.8 Å². The first-order chi connectivity index (χ1) is 49.1. The molecule has 0 aromatic heterocycles. The Morgan fingerprint density at radius 3 is 1.16 bits per heavy atom. The van der Waals surface area contributed by atoms with Crippen molar-refractivity contribution < 1.29 is 182 Å². The minimum atomic E-state index is -5.41. The van der Waals surface area contributed by atoms with Crippen LogP contribution in [0.15, 0.2) is 99.3 Å². The summed E-state index contributed by atoms with van der Waals surface area (Å²) in [4.78, 5) is 165. The molecule has 0 aromatic rings. The molecule has 39 heteroatoms. The van der Waals surface area contributed by atoms with Gasteiger partial charge in [0.2, 0.25) is 0 Å². The van der Waals surface area contributed by atoms with E-state index in [9.17, 15) is 129 Å². The summed E-state index contributed by atoms with van der Waals surface area (Å²) in [6.07, 6.45) is -4.31. The van der Waals surface area contributed by atoms with Gasteiger partial charge in [0, 0.05) is 103 Å². The molecule has 0 spiro atoms. The number of hydrogen-bond acceptors (Lipinski definition) is 27. The molecule has 0 N–H and O–H groups in total. The van der Waals surface area contributed by atoms with Gasteiger partial charge in [-0.25, -0.2) is 28.0 Å². The van der Waals surface area contributed by atoms with Crippen LogP contribution in [0, 0.1) is 29.1 Å². The van der Waals surface area contributed by atoms with Crippen molar-refractivity contribution in [2.24, 2.45) is 29.1 Å². The molecule has 0 bridgehead atoms. The lowest BCUT2D eigenvalue weighted by molar-refractivity contribution is -0.285. The zero-order valence-corrected chi connectivity index (χ0v) is 60.9. The van der Waals surface area contributed by atoms with Gasteiger partial charge in [0.15, 0.2) is 5.92 Å².